The molecular formula is C15H23N3O2. The van der Waals surface area contributed by atoms with Gasteiger partial charge in [-0.25, -0.2) is 0 Å². The summed E-state index contributed by atoms with van der Waals surface area (Å²) >= 11 is 0. The van der Waals surface area contributed by atoms with Crippen molar-refractivity contribution in [1.29, 1.82) is 0 Å². The Morgan fingerprint density at radius 2 is 2.05 bits per heavy atom. The Bertz CT molecular complexity index is 438. The van der Waals surface area contributed by atoms with E-state index in [1.165, 1.54) is 0 Å². The number of amides is 1. The van der Waals surface area contributed by atoms with Crippen molar-refractivity contribution < 1.29 is 9.90 Å². The molecule has 2 fully saturated rings. The van der Waals surface area contributed by atoms with Crippen molar-refractivity contribution in [2.45, 2.75) is 37.8 Å². The quantitative estimate of drug-likeness (QED) is 0.850. The first-order valence-electron chi connectivity index (χ1n) is 7.58. The Hall–Kier alpha value is -1.33. The van der Waals surface area contributed by atoms with E-state index in [2.05, 4.69) is 9.88 Å². The van der Waals surface area contributed by atoms with Crippen LogP contribution in [0.4, 0.5) is 0 Å². The minimum absolute atomic E-state index is 0.128. The van der Waals surface area contributed by atoms with Gasteiger partial charge in [0.25, 0.3) is 5.91 Å². The highest BCUT2D eigenvalue weighted by Crippen LogP contribution is 2.22. The Morgan fingerprint density at radius 1 is 1.25 bits per heavy atom. The van der Waals surface area contributed by atoms with E-state index in [-0.39, 0.29) is 12.0 Å². The van der Waals surface area contributed by atoms with Crippen LogP contribution in [0.15, 0.2) is 18.5 Å². The molecule has 0 unspecified atom stereocenters. The van der Waals surface area contributed by atoms with Gasteiger partial charge in [-0.2, -0.15) is 0 Å². The smallest absolute Gasteiger partial charge is 0.255 e. The third-order valence-corrected chi connectivity index (χ3v) is 4.54. The van der Waals surface area contributed by atoms with Crippen molar-refractivity contribution in [3.8, 4) is 0 Å². The molecule has 1 amide bonds. The normalized spacial score (nSPS) is 25.9. The SMILES string of the molecule is O=C(c1cc[nH]c1)N1CCC(N2CCC[C@H](O)C2)CC1. The summed E-state index contributed by atoms with van der Waals surface area (Å²) in [4.78, 5) is 19.5. The molecule has 3 rings (SSSR count). The zero-order valence-corrected chi connectivity index (χ0v) is 11.8. The minimum atomic E-state index is -0.164. The number of piperidine rings is 2. The first-order chi connectivity index (χ1) is 9.74. The van der Waals surface area contributed by atoms with E-state index in [4.69, 9.17) is 0 Å². The van der Waals surface area contributed by atoms with Gasteiger partial charge in [0, 0.05) is 38.1 Å². The number of likely N-dealkylation sites (tertiary alicyclic amines) is 2. The number of carbonyl (C=O) groups excluding carboxylic acids is 1. The molecule has 0 radical (unpaired) electrons. The monoisotopic (exact) mass is 277 g/mol. The summed E-state index contributed by atoms with van der Waals surface area (Å²) in [6.07, 6.45) is 7.43. The van der Waals surface area contributed by atoms with Crippen molar-refractivity contribution in [3.63, 3.8) is 0 Å². The molecule has 1 aromatic heterocycles. The highest BCUT2D eigenvalue weighted by Gasteiger charge is 2.29. The van der Waals surface area contributed by atoms with Crippen molar-refractivity contribution in [2.75, 3.05) is 26.2 Å². The van der Waals surface area contributed by atoms with Gasteiger partial charge in [0.15, 0.2) is 0 Å². The number of hydrogen-bond acceptors (Lipinski definition) is 3. The number of aromatic nitrogens is 1. The summed E-state index contributed by atoms with van der Waals surface area (Å²) in [7, 11) is 0. The lowest BCUT2D eigenvalue weighted by Gasteiger charge is -2.41. The number of β-amino-alcohol motifs (C(OH)–C–C–N with tert-alkyl or cyclic N) is 1. The molecule has 2 aliphatic heterocycles. The van der Waals surface area contributed by atoms with Crippen molar-refractivity contribution in [3.05, 3.63) is 24.0 Å². The average molecular weight is 277 g/mol. The van der Waals surface area contributed by atoms with Gasteiger partial charge in [0.2, 0.25) is 0 Å². The zero-order valence-electron chi connectivity index (χ0n) is 11.8. The van der Waals surface area contributed by atoms with E-state index in [1.807, 2.05) is 11.0 Å². The van der Waals surface area contributed by atoms with Crippen molar-refractivity contribution in [1.82, 2.24) is 14.8 Å². The molecule has 2 aliphatic rings. The van der Waals surface area contributed by atoms with E-state index in [1.54, 1.807) is 12.4 Å². The predicted molar refractivity (Wildman–Crippen MR) is 76.5 cm³/mol. The van der Waals surface area contributed by atoms with E-state index in [0.717, 1.165) is 57.4 Å². The van der Waals surface area contributed by atoms with E-state index >= 15 is 0 Å². The maximum atomic E-state index is 12.2. The van der Waals surface area contributed by atoms with Crippen LogP contribution in [0.2, 0.25) is 0 Å². The second kappa shape index (κ2) is 5.97. The molecule has 110 valence electrons. The van der Waals surface area contributed by atoms with Crippen molar-refractivity contribution in [2.24, 2.45) is 0 Å². The average Bonchev–Trinajstić information content (AvgIpc) is 3.01. The third kappa shape index (κ3) is 2.88. The Labute approximate surface area is 119 Å². The number of aromatic amines is 1. The fourth-order valence-corrected chi connectivity index (χ4v) is 3.39. The van der Waals surface area contributed by atoms with Gasteiger partial charge < -0.3 is 15.0 Å². The van der Waals surface area contributed by atoms with Gasteiger partial charge in [-0.05, 0) is 38.3 Å². The minimum Gasteiger partial charge on any atom is -0.392 e. The summed E-state index contributed by atoms with van der Waals surface area (Å²) in [6, 6.07) is 2.36. The van der Waals surface area contributed by atoms with Crippen LogP contribution in [-0.4, -0.2) is 64.1 Å². The fraction of sp³-hybridized carbons (Fsp3) is 0.667. The summed E-state index contributed by atoms with van der Waals surface area (Å²) in [5, 5.41) is 9.77. The van der Waals surface area contributed by atoms with Gasteiger partial charge in [0.1, 0.15) is 0 Å². The molecule has 2 saturated heterocycles. The standard InChI is InChI=1S/C15H23N3O2/c19-14-2-1-7-18(11-14)13-4-8-17(9-5-13)15(20)12-3-6-16-10-12/h3,6,10,13-14,16,19H,1-2,4-5,7-9,11H2/t14-/m0/s1. The number of nitrogens with one attached hydrogen (secondary N) is 1. The largest absolute Gasteiger partial charge is 0.392 e. The van der Waals surface area contributed by atoms with E-state index < -0.39 is 0 Å². The molecule has 5 nitrogen and oxygen atoms in total. The first-order valence-corrected chi connectivity index (χ1v) is 7.58. The molecule has 0 aliphatic carbocycles. The van der Waals surface area contributed by atoms with Crippen LogP contribution in [0, 0.1) is 0 Å². The molecule has 0 spiro atoms. The second-order valence-electron chi connectivity index (χ2n) is 5.91. The van der Waals surface area contributed by atoms with E-state index in [9.17, 15) is 9.90 Å². The number of aliphatic hydroxyl groups is 1. The molecule has 2 N–H and O–H groups in total. The van der Waals surface area contributed by atoms with Gasteiger partial charge in [-0.15, -0.1) is 0 Å². The number of carbonyl (C=O) groups is 1. The van der Waals surface area contributed by atoms with Gasteiger partial charge in [-0.3, -0.25) is 9.69 Å². The Kier molecular flexibility index (Phi) is 4.08. The van der Waals surface area contributed by atoms with Crippen LogP contribution in [0.1, 0.15) is 36.0 Å². The van der Waals surface area contributed by atoms with Crippen LogP contribution in [0.25, 0.3) is 0 Å². The highest BCUT2D eigenvalue weighted by atomic mass is 16.3. The molecule has 1 aromatic rings. The number of H-pyrrole nitrogens is 1. The molecule has 20 heavy (non-hydrogen) atoms. The molecule has 3 heterocycles. The van der Waals surface area contributed by atoms with Crippen LogP contribution >= 0.6 is 0 Å². The Balaban J connectivity index is 1.53. The lowest BCUT2D eigenvalue weighted by molar-refractivity contribution is 0.0241. The summed E-state index contributed by atoms with van der Waals surface area (Å²) < 4.78 is 0. The maximum Gasteiger partial charge on any atom is 0.255 e. The number of aliphatic hydroxyl groups excluding tert-OH is 1. The molecular weight excluding hydrogens is 254 g/mol. The van der Waals surface area contributed by atoms with Crippen LogP contribution in [-0.2, 0) is 0 Å². The number of nitrogens with zero attached hydrogens (tertiary/aromatic N) is 2. The topological polar surface area (TPSA) is 59.6 Å². The van der Waals surface area contributed by atoms with Crippen LogP contribution in [0.3, 0.4) is 0 Å². The summed E-state index contributed by atoms with van der Waals surface area (Å²) in [5.74, 6) is 0.128. The van der Waals surface area contributed by atoms with Gasteiger partial charge in [-0.1, -0.05) is 0 Å². The third-order valence-electron chi connectivity index (χ3n) is 4.54. The lowest BCUT2D eigenvalue weighted by atomic mass is 9.98. The summed E-state index contributed by atoms with van der Waals surface area (Å²) in [5.41, 5.74) is 0.747. The molecule has 0 bridgehead atoms. The molecule has 0 saturated carbocycles. The summed E-state index contributed by atoms with van der Waals surface area (Å²) in [6.45, 7) is 3.53. The fourth-order valence-electron chi connectivity index (χ4n) is 3.39. The highest BCUT2D eigenvalue weighted by molar-refractivity contribution is 5.94. The number of hydrogen-bond donors (Lipinski definition) is 2. The van der Waals surface area contributed by atoms with Crippen LogP contribution < -0.4 is 0 Å². The maximum absolute atomic E-state index is 12.2. The van der Waals surface area contributed by atoms with E-state index in [0.29, 0.717) is 6.04 Å². The predicted octanol–water partition coefficient (Wildman–Crippen LogP) is 1.08. The molecule has 1 atom stereocenters. The van der Waals surface area contributed by atoms with Gasteiger partial charge >= 0.3 is 0 Å². The first kappa shape index (κ1) is 13.6. The van der Waals surface area contributed by atoms with Gasteiger partial charge in [0.05, 0.1) is 11.7 Å². The van der Waals surface area contributed by atoms with Crippen LogP contribution in [0.5, 0.6) is 0 Å². The zero-order chi connectivity index (χ0) is 13.9. The lowest BCUT2D eigenvalue weighted by Crippen LogP contribution is -2.50. The second-order valence-corrected chi connectivity index (χ2v) is 5.91. The number of rotatable bonds is 2. The Morgan fingerprint density at radius 3 is 2.70 bits per heavy atom. The molecule has 5 heteroatoms. The van der Waals surface area contributed by atoms with Crippen molar-refractivity contribution >= 4 is 5.91 Å². The molecule has 0 aromatic carbocycles.